The summed E-state index contributed by atoms with van der Waals surface area (Å²) in [7, 11) is 2.82. The lowest BCUT2D eigenvalue weighted by atomic mass is 10.1. The minimum absolute atomic E-state index is 0.0907. The number of rotatable bonds is 5. The summed E-state index contributed by atoms with van der Waals surface area (Å²) in [6.45, 7) is 0. The second-order valence-corrected chi connectivity index (χ2v) is 4.42. The average Bonchev–Trinajstić information content (AvgIpc) is 2.55. The van der Waals surface area contributed by atoms with Crippen molar-refractivity contribution in [2.45, 2.75) is 0 Å². The number of anilines is 1. The second-order valence-electron chi connectivity index (χ2n) is 4.42. The number of nitrogens with zero attached hydrogens (tertiary/aromatic N) is 1. The zero-order valence-corrected chi connectivity index (χ0v) is 12.3. The third-order valence-corrected chi connectivity index (χ3v) is 3.05. The molecule has 8 heteroatoms. The lowest BCUT2D eigenvalue weighted by molar-refractivity contribution is -0.387. The highest BCUT2D eigenvalue weighted by Crippen LogP contribution is 2.31. The monoisotopic (exact) mass is 320 g/mol. The molecule has 1 amide bonds. The van der Waals surface area contributed by atoms with E-state index in [9.17, 15) is 19.3 Å². The van der Waals surface area contributed by atoms with Gasteiger partial charge in [0, 0.05) is 11.8 Å². The van der Waals surface area contributed by atoms with Crippen LogP contribution in [0.15, 0.2) is 36.4 Å². The fourth-order valence-electron chi connectivity index (χ4n) is 1.99. The maximum Gasteiger partial charge on any atom is 0.306 e. The molecule has 0 aliphatic carbocycles. The Bertz CT molecular complexity index is 764. The van der Waals surface area contributed by atoms with Crippen LogP contribution in [-0.2, 0) is 0 Å². The van der Waals surface area contributed by atoms with Crippen molar-refractivity contribution >= 4 is 17.3 Å². The Labute approximate surface area is 130 Å². The number of nitro groups is 1. The standard InChI is InChI=1S/C15H13FN2O5/c1-22-13-5-3-4-10(14(13)23-2)15(19)17-9-6-7-11(16)12(8-9)18(20)21/h3-8H,1-2H3,(H,17,19). The van der Waals surface area contributed by atoms with Gasteiger partial charge in [0.1, 0.15) is 0 Å². The van der Waals surface area contributed by atoms with E-state index in [1.807, 2.05) is 0 Å². The lowest BCUT2D eigenvalue weighted by Gasteiger charge is -2.12. The first-order valence-electron chi connectivity index (χ1n) is 6.44. The summed E-state index contributed by atoms with van der Waals surface area (Å²) in [6, 6.07) is 7.82. The quantitative estimate of drug-likeness (QED) is 0.675. The van der Waals surface area contributed by atoms with Crippen molar-refractivity contribution < 1.29 is 23.6 Å². The van der Waals surface area contributed by atoms with E-state index in [-0.39, 0.29) is 17.0 Å². The average molecular weight is 320 g/mol. The zero-order chi connectivity index (χ0) is 17.0. The van der Waals surface area contributed by atoms with Crippen LogP contribution in [0.1, 0.15) is 10.4 Å². The van der Waals surface area contributed by atoms with Gasteiger partial charge in [0.15, 0.2) is 11.5 Å². The number of amides is 1. The number of carbonyl (C=O) groups excluding carboxylic acids is 1. The van der Waals surface area contributed by atoms with Gasteiger partial charge in [-0.1, -0.05) is 6.07 Å². The number of para-hydroxylation sites is 1. The number of benzene rings is 2. The topological polar surface area (TPSA) is 90.7 Å². The summed E-state index contributed by atoms with van der Waals surface area (Å²) in [6.07, 6.45) is 0. The van der Waals surface area contributed by atoms with Crippen LogP contribution in [0.2, 0.25) is 0 Å². The van der Waals surface area contributed by atoms with Crippen LogP contribution in [0.25, 0.3) is 0 Å². The van der Waals surface area contributed by atoms with E-state index in [1.165, 1.54) is 26.4 Å². The van der Waals surface area contributed by atoms with Crippen LogP contribution in [0.3, 0.4) is 0 Å². The second kappa shape index (κ2) is 6.73. The molecule has 0 saturated heterocycles. The molecule has 2 aromatic rings. The molecule has 0 spiro atoms. The van der Waals surface area contributed by atoms with E-state index in [2.05, 4.69) is 5.32 Å². The summed E-state index contributed by atoms with van der Waals surface area (Å²) in [5.74, 6) is -0.956. The number of ether oxygens (including phenoxy) is 2. The molecule has 0 saturated carbocycles. The minimum atomic E-state index is -0.980. The van der Waals surface area contributed by atoms with Gasteiger partial charge in [-0.3, -0.25) is 14.9 Å². The molecule has 0 heterocycles. The maximum atomic E-state index is 13.3. The molecule has 23 heavy (non-hydrogen) atoms. The van der Waals surface area contributed by atoms with E-state index in [4.69, 9.17) is 9.47 Å². The normalized spacial score (nSPS) is 10.0. The van der Waals surface area contributed by atoms with E-state index < -0.39 is 22.3 Å². The van der Waals surface area contributed by atoms with Crippen LogP contribution in [0.4, 0.5) is 15.8 Å². The molecule has 2 rings (SSSR count). The van der Waals surface area contributed by atoms with Gasteiger partial charge >= 0.3 is 5.69 Å². The van der Waals surface area contributed by atoms with Crippen molar-refractivity contribution in [1.29, 1.82) is 0 Å². The van der Waals surface area contributed by atoms with Gasteiger partial charge in [-0.05, 0) is 24.3 Å². The van der Waals surface area contributed by atoms with Gasteiger partial charge in [0.25, 0.3) is 5.91 Å². The molecule has 0 radical (unpaired) electrons. The Morgan fingerprint density at radius 2 is 1.96 bits per heavy atom. The SMILES string of the molecule is COc1cccc(C(=O)Nc2ccc(F)c([N+](=O)[O-])c2)c1OC. The lowest BCUT2D eigenvalue weighted by Crippen LogP contribution is -2.14. The highest BCUT2D eigenvalue weighted by molar-refractivity contribution is 6.06. The maximum absolute atomic E-state index is 13.3. The fraction of sp³-hybridized carbons (Fsp3) is 0.133. The highest BCUT2D eigenvalue weighted by atomic mass is 19.1. The number of carbonyl (C=O) groups is 1. The van der Waals surface area contributed by atoms with E-state index >= 15 is 0 Å². The Morgan fingerprint density at radius 1 is 1.22 bits per heavy atom. The first-order valence-corrected chi connectivity index (χ1v) is 6.44. The largest absolute Gasteiger partial charge is 0.493 e. The van der Waals surface area contributed by atoms with E-state index in [1.54, 1.807) is 12.1 Å². The predicted octanol–water partition coefficient (Wildman–Crippen LogP) is 3.00. The first kappa shape index (κ1) is 16.2. The summed E-state index contributed by atoms with van der Waals surface area (Å²) in [5, 5.41) is 13.2. The summed E-state index contributed by atoms with van der Waals surface area (Å²) in [5.41, 5.74) is -0.452. The molecule has 120 valence electrons. The van der Waals surface area contributed by atoms with Crippen LogP contribution in [0.5, 0.6) is 11.5 Å². The van der Waals surface area contributed by atoms with Crippen molar-refractivity contribution in [2.24, 2.45) is 0 Å². The Balaban J connectivity index is 2.33. The molecule has 0 unspecified atom stereocenters. The van der Waals surface area contributed by atoms with Gasteiger partial charge in [0.05, 0.1) is 24.7 Å². The number of hydrogen-bond donors (Lipinski definition) is 1. The van der Waals surface area contributed by atoms with Crippen LogP contribution >= 0.6 is 0 Å². The van der Waals surface area contributed by atoms with Crippen molar-refractivity contribution in [1.82, 2.24) is 0 Å². The smallest absolute Gasteiger partial charge is 0.306 e. The summed E-state index contributed by atoms with van der Waals surface area (Å²) in [4.78, 5) is 22.2. The molecule has 2 aromatic carbocycles. The molecule has 0 aromatic heterocycles. The molecule has 1 N–H and O–H groups in total. The highest BCUT2D eigenvalue weighted by Gasteiger charge is 2.19. The fourth-order valence-corrected chi connectivity index (χ4v) is 1.99. The zero-order valence-electron chi connectivity index (χ0n) is 12.3. The molecule has 0 aliphatic heterocycles. The van der Waals surface area contributed by atoms with Gasteiger partial charge in [-0.2, -0.15) is 4.39 Å². The number of halogens is 1. The van der Waals surface area contributed by atoms with Crippen molar-refractivity contribution in [3.63, 3.8) is 0 Å². The Hall–Kier alpha value is -3.16. The predicted molar refractivity (Wildman–Crippen MR) is 80.6 cm³/mol. The van der Waals surface area contributed by atoms with Crippen molar-refractivity contribution in [2.75, 3.05) is 19.5 Å². The molecule has 0 aliphatic rings. The molecule has 0 fully saturated rings. The van der Waals surface area contributed by atoms with Crippen LogP contribution in [0, 0.1) is 15.9 Å². The molecule has 0 bridgehead atoms. The molecular weight excluding hydrogens is 307 g/mol. The number of nitrogens with one attached hydrogen (secondary N) is 1. The van der Waals surface area contributed by atoms with Crippen LogP contribution in [-0.4, -0.2) is 25.1 Å². The molecule has 7 nitrogen and oxygen atoms in total. The third kappa shape index (κ3) is 3.37. The number of hydrogen-bond acceptors (Lipinski definition) is 5. The molecule has 0 atom stereocenters. The van der Waals surface area contributed by atoms with Crippen LogP contribution < -0.4 is 14.8 Å². The molecular formula is C15H13FN2O5. The van der Waals surface area contributed by atoms with Crippen molar-refractivity contribution in [3.05, 3.63) is 57.9 Å². The first-order chi connectivity index (χ1) is 11.0. The number of nitro benzene ring substituents is 1. The van der Waals surface area contributed by atoms with Gasteiger partial charge < -0.3 is 14.8 Å². The third-order valence-electron chi connectivity index (χ3n) is 3.05. The van der Waals surface area contributed by atoms with Gasteiger partial charge in [-0.25, -0.2) is 0 Å². The summed E-state index contributed by atoms with van der Waals surface area (Å²) < 4.78 is 23.6. The van der Waals surface area contributed by atoms with E-state index in [0.717, 1.165) is 12.1 Å². The number of methoxy groups -OCH3 is 2. The van der Waals surface area contributed by atoms with Gasteiger partial charge in [0.2, 0.25) is 5.82 Å². The van der Waals surface area contributed by atoms with E-state index in [0.29, 0.717) is 5.75 Å². The van der Waals surface area contributed by atoms with Gasteiger partial charge in [-0.15, -0.1) is 0 Å². The Morgan fingerprint density at radius 3 is 2.57 bits per heavy atom. The minimum Gasteiger partial charge on any atom is -0.493 e. The Kier molecular flexibility index (Phi) is 4.75. The summed E-state index contributed by atoms with van der Waals surface area (Å²) >= 11 is 0. The van der Waals surface area contributed by atoms with Crippen molar-refractivity contribution in [3.8, 4) is 11.5 Å².